The fourth-order valence-corrected chi connectivity index (χ4v) is 1.77. The van der Waals surface area contributed by atoms with E-state index in [2.05, 4.69) is 10.4 Å². The Morgan fingerprint density at radius 3 is 2.56 bits per heavy atom. The number of aromatic nitrogens is 2. The molecule has 4 heteroatoms. The lowest BCUT2D eigenvalue weighted by Crippen LogP contribution is -2.27. The van der Waals surface area contributed by atoms with E-state index in [9.17, 15) is 4.79 Å². The van der Waals surface area contributed by atoms with Crippen molar-refractivity contribution in [1.82, 2.24) is 15.1 Å². The zero-order valence-electron chi connectivity index (χ0n) is 10.8. The highest BCUT2D eigenvalue weighted by Crippen LogP contribution is 2.12. The molecule has 0 saturated heterocycles. The van der Waals surface area contributed by atoms with Crippen molar-refractivity contribution >= 4 is 5.91 Å². The molecule has 0 aliphatic rings. The van der Waals surface area contributed by atoms with Crippen molar-refractivity contribution in [3.63, 3.8) is 0 Å². The Morgan fingerprint density at radius 2 is 2.00 bits per heavy atom. The van der Waals surface area contributed by atoms with Gasteiger partial charge in [-0.2, -0.15) is 5.10 Å². The number of carbonyl (C=O) groups is 1. The molecule has 0 aliphatic heterocycles. The topological polar surface area (TPSA) is 46.9 Å². The maximum absolute atomic E-state index is 12.0. The van der Waals surface area contributed by atoms with E-state index in [-0.39, 0.29) is 11.9 Å². The number of amides is 1. The summed E-state index contributed by atoms with van der Waals surface area (Å²) in [5, 5.41) is 7.10. The smallest absolute Gasteiger partial charge is 0.272 e. The minimum Gasteiger partial charge on any atom is -0.344 e. The second-order valence-electron chi connectivity index (χ2n) is 4.40. The SMILES string of the molecule is Cc1cc(C(=O)NC(C)c2ccccc2)nn1C. The van der Waals surface area contributed by atoms with Gasteiger partial charge in [-0.25, -0.2) is 0 Å². The summed E-state index contributed by atoms with van der Waals surface area (Å²) in [4.78, 5) is 12.0. The molecule has 94 valence electrons. The van der Waals surface area contributed by atoms with Gasteiger partial charge in [0.2, 0.25) is 0 Å². The highest BCUT2D eigenvalue weighted by atomic mass is 16.2. The van der Waals surface area contributed by atoms with E-state index in [1.807, 2.05) is 51.2 Å². The molecular weight excluding hydrogens is 226 g/mol. The van der Waals surface area contributed by atoms with Gasteiger partial charge in [-0.15, -0.1) is 0 Å². The number of aryl methyl sites for hydroxylation is 2. The van der Waals surface area contributed by atoms with E-state index < -0.39 is 0 Å². The van der Waals surface area contributed by atoms with Crippen LogP contribution in [0.25, 0.3) is 0 Å². The number of carbonyl (C=O) groups excluding carboxylic acids is 1. The van der Waals surface area contributed by atoms with Crippen molar-refractivity contribution in [3.8, 4) is 0 Å². The van der Waals surface area contributed by atoms with Crippen molar-refractivity contribution in [2.75, 3.05) is 0 Å². The van der Waals surface area contributed by atoms with Crippen molar-refractivity contribution < 1.29 is 4.79 Å². The number of nitrogens with one attached hydrogen (secondary N) is 1. The Balaban J connectivity index is 2.08. The molecule has 4 nitrogen and oxygen atoms in total. The minimum atomic E-state index is -0.143. The molecule has 18 heavy (non-hydrogen) atoms. The van der Waals surface area contributed by atoms with Crippen LogP contribution in [0.4, 0.5) is 0 Å². The second kappa shape index (κ2) is 5.04. The molecule has 1 N–H and O–H groups in total. The van der Waals surface area contributed by atoms with Crippen molar-refractivity contribution in [2.24, 2.45) is 7.05 Å². The molecule has 1 aromatic heterocycles. The summed E-state index contributed by atoms with van der Waals surface area (Å²) in [6, 6.07) is 11.6. The number of hydrogen-bond acceptors (Lipinski definition) is 2. The molecule has 2 rings (SSSR count). The number of benzene rings is 1. The molecule has 1 heterocycles. The minimum absolute atomic E-state index is 0.0268. The molecular formula is C14H17N3O. The fourth-order valence-electron chi connectivity index (χ4n) is 1.77. The van der Waals surface area contributed by atoms with Gasteiger partial charge in [-0.3, -0.25) is 9.48 Å². The predicted octanol–water partition coefficient (Wildman–Crippen LogP) is 2.22. The lowest BCUT2D eigenvalue weighted by atomic mass is 10.1. The van der Waals surface area contributed by atoms with Crippen LogP contribution < -0.4 is 5.32 Å². The summed E-state index contributed by atoms with van der Waals surface area (Å²) in [6.45, 7) is 3.88. The number of nitrogens with zero attached hydrogens (tertiary/aromatic N) is 2. The van der Waals surface area contributed by atoms with Crippen LogP contribution in [0.1, 0.15) is 34.7 Å². The first kappa shape index (κ1) is 12.4. The van der Waals surface area contributed by atoms with E-state index in [1.54, 1.807) is 10.7 Å². The highest BCUT2D eigenvalue weighted by Gasteiger charge is 2.14. The van der Waals surface area contributed by atoms with E-state index in [1.165, 1.54) is 0 Å². The van der Waals surface area contributed by atoms with Crippen molar-refractivity contribution in [2.45, 2.75) is 19.9 Å². The number of hydrogen-bond donors (Lipinski definition) is 1. The third kappa shape index (κ3) is 2.59. The van der Waals surface area contributed by atoms with Gasteiger partial charge in [0.15, 0.2) is 0 Å². The van der Waals surface area contributed by atoms with Crippen LogP contribution in [-0.2, 0) is 7.05 Å². The summed E-state index contributed by atoms with van der Waals surface area (Å²) in [7, 11) is 1.83. The average molecular weight is 243 g/mol. The third-order valence-corrected chi connectivity index (χ3v) is 2.99. The Kier molecular flexibility index (Phi) is 3.46. The molecule has 1 amide bonds. The van der Waals surface area contributed by atoms with Gasteiger partial charge < -0.3 is 5.32 Å². The van der Waals surface area contributed by atoms with Crippen LogP contribution in [0, 0.1) is 6.92 Å². The van der Waals surface area contributed by atoms with Crippen LogP contribution in [0.5, 0.6) is 0 Å². The van der Waals surface area contributed by atoms with Gasteiger partial charge in [0.05, 0.1) is 6.04 Å². The van der Waals surface area contributed by atoms with E-state index in [0.717, 1.165) is 11.3 Å². The van der Waals surface area contributed by atoms with Gasteiger partial charge in [0.25, 0.3) is 5.91 Å². The van der Waals surface area contributed by atoms with Crippen molar-refractivity contribution in [3.05, 3.63) is 53.3 Å². The summed E-state index contributed by atoms with van der Waals surface area (Å²) in [5.41, 5.74) is 2.50. The monoisotopic (exact) mass is 243 g/mol. The largest absolute Gasteiger partial charge is 0.344 e. The van der Waals surface area contributed by atoms with Crippen LogP contribution in [0.3, 0.4) is 0 Å². The standard InChI is InChI=1S/C14H17N3O/c1-10-9-13(16-17(10)3)14(18)15-11(2)12-7-5-4-6-8-12/h4-9,11H,1-3H3,(H,15,18). The molecule has 0 radical (unpaired) electrons. The quantitative estimate of drug-likeness (QED) is 0.898. The van der Waals surface area contributed by atoms with E-state index in [4.69, 9.17) is 0 Å². The van der Waals surface area contributed by atoms with E-state index in [0.29, 0.717) is 5.69 Å². The van der Waals surface area contributed by atoms with E-state index >= 15 is 0 Å². The summed E-state index contributed by atoms with van der Waals surface area (Å²) in [6.07, 6.45) is 0. The fraction of sp³-hybridized carbons (Fsp3) is 0.286. The predicted molar refractivity (Wildman–Crippen MR) is 70.3 cm³/mol. The maximum Gasteiger partial charge on any atom is 0.272 e. The zero-order chi connectivity index (χ0) is 13.1. The molecule has 0 saturated carbocycles. The molecule has 1 aromatic carbocycles. The lowest BCUT2D eigenvalue weighted by Gasteiger charge is -2.13. The van der Waals surface area contributed by atoms with Gasteiger partial charge in [-0.1, -0.05) is 30.3 Å². The molecule has 1 unspecified atom stereocenters. The molecule has 0 fully saturated rings. The maximum atomic E-state index is 12.0. The summed E-state index contributed by atoms with van der Waals surface area (Å²) >= 11 is 0. The van der Waals surface area contributed by atoms with Gasteiger partial charge >= 0.3 is 0 Å². The first-order valence-electron chi connectivity index (χ1n) is 5.94. The van der Waals surface area contributed by atoms with Crippen molar-refractivity contribution in [1.29, 1.82) is 0 Å². The first-order chi connectivity index (χ1) is 8.58. The van der Waals surface area contributed by atoms with Crippen LogP contribution in [0.2, 0.25) is 0 Å². The molecule has 0 bridgehead atoms. The summed E-state index contributed by atoms with van der Waals surface area (Å²) in [5.74, 6) is -0.143. The van der Waals surface area contributed by atoms with Crippen LogP contribution >= 0.6 is 0 Å². The van der Waals surface area contributed by atoms with Gasteiger partial charge in [-0.05, 0) is 25.5 Å². The molecule has 0 aliphatic carbocycles. The van der Waals surface area contributed by atoms with Gasteiger partial charge in [0.1, 0.15) is 5.69 Å². The Labute approximate surface area is 107 Å². The highest BCUT2D eigenvalue weighted by molar-refractivity contribution is 5.92. The zero-order valence-corrected chi connectivity index (χ0v) is 10.8. The second-order valence-corrected chi connectivity index (χ2v) is 4.40. The van der Waals surface area contributed by atoms with Crippen LogP contribution in [-0.4, -0.2) is 15.7 Å². The number of rotatable bonds is 3. The van der Waals surface area contributed by atoms with Gasteiger partial charge in [0, 0.05) is 12.7 Å². The molecule has 2 aromatic rings. The average Bonchev–Trinajstić information content (AvgIpc) is 2.71. The molecule has 0 spiro atoms. The Hall–Kier alpha value is -2.10. The lowest BCUT2D eigenvalue weighted by molar-refractivity contribution is 0.0934. The molecule has 1 atom stereocenters. The third-order valence-electron chi connectivity index (χ3n) is 2.99. The Morgan fingerprint density at radius 1 is 1.33 bits per heavy atom. The van der Waals surface area contributed by atoms with Crippen LogP contribution in [0.15, 0.2) is 36.4 Å². The normalized spacial score (nSPS) is 12.2. The first-order valence-corrected chi connectivity index (χ1v) is 5.94. The Bertz CT molecular complexity index is 526. The summed E-state index contributed by atoms with van der Waals surface area (Å²) < 4.78 is 1.70.